The largest absolute Gasteiger partial charge is 0.495 e. The van der Waals surface area contributed by atoms with Crippen molar-refractivity contribution in [1.82, 2.24) is 4.90 Å². The second-order valence-electron chi connectivity index (χ2n) is 5.78. The smallest absolute Gasteiger partial charge is 0.254 e. The number of amides is 1. The van der Waals surface area contributed by atoms with Crippen molar-refractivity contribution in [1.29, 1.82) is 0 Å². The maximum Gasteiger partial charge on any atom is 0.254 e. The van der Waals surface area contributed by atoms with Crippen LogP contribution in [0.15, 0.2) is 23.1 Å². The Labute approximate surface area is 124 Å². The monoisotopic (exact) mass is 312 g/mol. The van der Waals surface area contributed by atoms with Crippen molar-refractivity contribution in [2.75, 3.05) is 13.7 Å². The van der Waals surface area contributed by atoms with Crippen LogP contribution in [0.1, 0.15) is 37.0 Å². The fourth-order valence-corrected chi connectivity index (χ4v) is 3.39. The van der Waals surface area contributed by atoms with Gasteiger partial charge in [0.1, 0.15) is 10.6 Å². The Bertz CT molecular complexity index is 668. The Morgan fingerprint density at radius 1 is 1.38 bits per heavy atom. The molecule has 0 radical (unpaired) electrons. The Hall–Kier alpha value is -1.60. The molecule has 2 rings (SSSR count). The van der Waals surface area contributed by atoms with Crippen LogP contribution >= 0.6 is 0 Å². The van der Waals surface area contributed by atoms with Gasteiger partial charge in [-0.1, -0.05) is 0 Å². The van der Waals surface area contributed by atoms with E-state index in [4.69, 9.17) is 9.88 Å². The normalized spacial score (nSPS) is 17.8. The molecule has 6 nitrogen and oxygen atoms in total. The zero-order valence-corrected chi connectivity index (χ0v) is 13.2. The van der Waals surface area contributed by atoms with Gasteiger partial charge in [-0.25, -0.2) is 13.6 Å². The van der Waals surface area contributed by atoms with Crippen LogP contribution in [0.5, 0.6) is 5.75 Å². The van der Waals surface area contributed by atoms with Crippen LogP contribution in [0.3, 0.4) is 0 Å². The molecule has 0 unspecified atom stereocenters. The van der Waals surface area contributed by atoms with Crippen molar-refractivity contribution in [3.05, 3.63) is 23.8 Å². The minimum Gasteiger partial charge on any atom is -0.495 e. The Kier molecular flexibility index (Phi) is 3.99. The number of benzene rings is 1. The maximum absolute atomic E-state index is 12.6. The van der Waals surface area contributed by atoms with Gasteiger partial charge in [0.05, 0.1) is 7.11 Å². The Morgan fingerprint density at radius 2 is 2.05 bits per heavy atom. The lowest BCUT2D eigenvalue weighted by atomic mass is 10.0. The summed E-state index contributed by atoms with van der Waals surface area (Å²) in [6, 6.07) is 4.30. The maximum atomic E-state index is 12.6. The zero-order valence-electron chi connectivity index (χ0n) is 12.4. The summed E-state index contributed by atoms with van der Waals surface area (Å²) in [5.41, 5.74) is 0.0773. The summed E-state index contributed by atoms with van der Waals surface area (Å²) in [7, 11) is -2.59. The highest BCUT2D eigenvalue weighted by atomic mass is 32.2. The summed E-state index contributed by atoms with van der Waals surface area (Å²) in [4.78, 5) is 14.2. The SMILES string of the molecule is COc1ccc(C(=O)N2CCCC2(C)C)cc1S(N)(=O)=O. The predicted octanol–water partition coefficient (Wildman–Crippen LogP) is 1.36. The van der Waals surface area contributed by atoms with E-state index in [1.54, 1.807) is 11.0 Å². The Morgan fingerprint density at radius 3 is 2.52 bits per heavy atom. The van der Waals surface area contributed by atoms with Crippen LogP contribution in [0.25, 0.3) is 0 Å². The highest BCUT2D eigenvalue weighted by molar-refractivity contribution is 7.89. The first-order chi connectivity index (χ1) is 9.66. The standard InChI is InChI=1S/C14H20N2O4S/c1-14(2)7-4-8-16(14)13(17)10-5-6-11(20-3)12(9-10)21(15,18)19/h5-6,9H,4,7-8H2,1-3H3,(H2,15,18,19). The van der Waals surface area contributed by atoms with Gasteiger partial charge in [-0.3, -0.25) is 4.79 Å². The second kappa shape index (κ2) is 5.31. The number of nitrogens with zero attached hydrogens (tertiary/aromatic N) is 1. The Balaban J connectivity index is 2.44. The molecule has 1 aromatic carbocycles. The summed E-state index contributed by atoms with van der Waals surface area (Å²) in [5, 5.41) is 5.18. The molecule has 0 aliphatic carbocycles. The van der Waals surface area contributed by atoms with E-state index in [0.717, 1.165) is 12.8 Å². The molecule has 1 aliphatic rings. The van der Waals surface area contributed by atoms with Gasteiger partial charge in [0.25, 0.3) is 5.91 Å². The van der Waals surface area contributed by atoms with Crippen molar-refractivity contribution in [2.45, 2.75) is 37.1 Å². The molecular formula is C14H20N2O4S. The van der Waals surface area contributed by atoms with Crippen LogP contribution in [0, 0.1) is 0 Å². The summed E-state index contributed by atoms with van der Waals surface area (Å²) in [5.74, 6) is -0.0558. The highest BCUT2D eigenvalue weighted by Crippen LogP contribution is 2.31. The van der Waals surface area contributed by atoms with Crippen molar-refractivity contribution < 1.29 is 17.9 Å². The highest BCUT2D eigenvalue weighted by Gasteiger charge is 2.36. The second-order valence-corrected chi connectivity index (χ2v) is 7.31. The number of primary sulfonamides is 1. The number of hydrogen-bond donors (Lipinski definition) is 1. The number of methoxy groups -OCH3 is 1. The number of sulfonamides is 1. The average Bonchev–Trinajstić information content (AvgIpc) is 2.75. The van der Waals surface area contributed by atoms with Crippen LogP contribution < -0.4 is 9.88 Å². The number of carbonyl (C=O) groups excluding carboxylic acids is 1. The third-order valence-corrected chi connectivity index (χ3v) is 4.80. The number of hydrogen-bond acceptors (Lipinski definition) is 4. The molecule has 116 valence electrons. The molecule has 0 saturated carbocycles. The van der Waals surface area contributed by atoms with E-state index in [1.165, 1.54) is 19.2 Å². The van der Waals surface area contributed by atoms with Crippen molar-refractivity contribution in [3.8, 4) is 5.75 Å². The van der Waals surface area contributed by atoms with Gasteiger partial charge in [0.15, 0.2) is 0 Å². The van der Waals surface area contributed by atoms with Gasteiger partial charge >= 0.3 is 0 Å². The van der Waals surface area contributed by atoms with Gasteiger partial charge < -0.3 is 9.64 Å². The van der Waals surface area contributed by atoms with Gasteiger partial charge in [0.2, 0.25) is 10.0 Å². The molecular weight excluding hydrogens is 292 g/mol. The van der Waals surface area contributed by atoms with Crippen LogP contribution in [0.2, 0.25) is 0 Å². The third-order valence-electron chi connectivity index (χ3n) is 3.86. The van der Waals surface area contributed by atoms with Crippen molar-refractivity contribution in [2.24, 2.45) is 5.14 Å². The van der Waals surface area contributed by atoms with Crippen LogP contribution in [-0.4, -0.2) is 38.4 Å². The number of ether oxygens (including phenoxy) is 1. The molecule has 1 fully saturated rings. The van der Waals surface area contributed by atoms with Gasteiger partial charge in [-0.2, -0.15) is 0 Å². The summed E-state index contributed by atoms with van der Waals surface area (Å²) in [6.45, 7) is 4.67. The number of likely N-dealkylation sites (tertiary alicyclic amines) is 1. The molecule has 21 heavy (non-hydrogen) atoms. The molecule has 0 aromatic heterocycles. The minimum atomic E-state index is -3.95. The molecule has 0 spiro atoms. The average molecular weight is 312 g/mol. The molecule has 1 amide bonds. The fourth-order valence-electron chi connectivity index (χ4n) is 2.67. The number of carbonyl (C=O) groups is 1. The number of nitrogens with two attached hydrogens (primary N) is 1. The number of rotatable bonds is 3. The summed E-state index contributed by atoms with van der Waals surface area (Å²) >= 11 is 0. The first kappa shape index (κ1) is 15.8. The van der Waals surface area contributed by atoms with E-state index < -0.39 is 10.0 Å². The van der Waals surface area contributed by atoms with Crippen molar-refractivity contribution >= 4 is 15.9 Å². The van der Waals surface area contributed by atoms with E-state index in [2.05, 4.69) is 0 Å². The lowest BCUT2D eigenvalue weighted by Gasteiger charge is -2.31. The lowest BCUT2D eigenvalue weighted by Crippen LogP contribution is -2.42. The van der Waals surface area contributed by atoms with Crippen LogP contribution in [-0.2, 0) is 10.0 Å². The first-order valence-corrected chi connectivity index (χ1v) is 8.24. The minimum absolute atomic E-state index is 0.134. The summed E-state index contributed by atoms with van der Waals surface area (Å²) < 4.78 is 28.2. The van der Waals surface area contributed by atoms with E-state index >= 15 is 0 Å². The molecule has 1 aromatic rings. The molecule has 7 heteroatoms. The van der Waals surface area contributed by atoms with Gasteiger partial charge in [0, 0.05) is 17.6 Å². The van der Waals surface area contributed by atoms with Crippen molar-refractivity contribution in [3.63, 3.8) is 0 Å². The topological polar surface area (TPSA) is 89.7 Å². The molecule has 0 bridgehead atoms. The van der Waals surface area contributed by atoms with E-state index in [1.807, 2.05) is 13.8 Å². The van der Waals surface area contributed by atoms with E-state index in [9.17, 15) is 13.2 Å². The fraction of sp³-hybridized carbons (Fsp3) is 0.500. The van der Waals surface area contributed by atoms with E-state index in [-0.39, 0.29) is 22.1 Å². The molecule has 1 heterocycles. The predicted molar refractivity (Wildman–Crippen MR) is 78.7 cm³/mol. The summed E-state index contributed by atoms with van der Waals surface area (Å²) in [6.07, 6.45) is 1.87. The molecule has 0 atom stereocenters. The van der Waals surface area contributed by atoms with E-state index in [0.29, 0.717) is 12.1 Å². The third kappa shape index (κ3) is 3.03. The molecule has 2 N–H and O–H groups in total. The lowest BCUT2D eigenvalue weighted by molar-refractivity contribution is 0.0651. The van der Waals surface area contributed by atoms with Gasteiger partial charge in [-0.15, -0.1) is 0 Å². The molecule has 1 saturated heterocycles. The van der Waals surface area contributed by atoms with Crippen LogP contribution in [0.4, 0.5) is 0 Å². The van der Waals surface area contributed by atoms with Gasteiger partial charge in [-0.05, 0) is 44.9 Å². The quantitative estimate of drug-likeness (QED) is 0.912. The first-order valence-electron chi connectivity index (χ1n) is 6.69. The zero-order chi connectivity index (χ0) is 15.8. The molecule has 1 aliphatic heterocycles.